The second-order valence-corrected chi connectivity index (χ2v) is 4.48. The van der Waals surface area contributed by atoms with Gasteiger partial charge in [0, 0.05) is 17.1 Å². The van der Waals surface area contributed by atoms with E-state index < -0.39 is 0 Å². The van der Waals surface area contributed by atoms with Gasteiger partial charge in [0.1, 0.15) is 11.4 Å². The summed E-state index contributed by atoms with van der Waals surface area (Å²) in [4.78, 5) is 8.44. The molecule has 1 aromatic carbocycles. The Kier molecular flexibility index (Phi) is 2.88. The average molecular weight is 274 g/mol. The number of thiazole rings is 1. The number of hydrogen-bond acceptors (Lipinski definition) is 7. The normalized spacial score (nSPS) is 10.6. The van der Waals surface area contributed by atoms with Gasteiger partial charge in [-0.3, -0.25) is 0 Å². The second-order valence-electron chi connectivity index (χ2n) is 3.76. The number of nitrogen functional groups attached to an aromatic ring is 1. The van der Waals surface area contributed by atoms with Crippen LogP contribution in [0, 0.1) is 0 Å². The number of anilines is 1. The maximum atomic E-state index is 5.71. The third kappa shape index (κ3) is 2.15. The Morgan fingerprint density at radius 1 is 1.37 bits per heavy atom. The van der Waals surface area contributed by atoms with Gasteiger partial charge in [0.2, 0.25) is 5.82 Å². The van der Waals surface area contributed by atoms with Gasteiger partial charge in [0.05, 0.1) is 18.2 Å². The van der Waals surface area contributed by atoms with E-state index in [1.165, 1.54) is 11.3 Å². The Labute approximate surface area is 112 Å². The topological polar surface area (TPSA) is 87.1 Å². The van der Waals surface area contributed by atoms with Gasteiger partial charge in [-0.1, -0.05) is 5.16 Å². The number of aromatic nitrogens is 3. The molecule has 0 radical (unpaired) electrons. The summed E-state index contributed by atoms with van der Waals surface area (Å²) in [5.74, 6) is 1.42. The Bertz CT molecular complexity index is 694. The van der Waals surface area contributed by atoms with E-state index in [0.717, 1.165) is 0 Å². The lowest BCUT2D eigenvalue weighted by Crippen LogP contribution is -1.91. The van der Waals surface area contributed by atoms with Crippen LogP contribution >= 0.6 is 11.3 Å². The number of nitrogens with zero attached hydrogens (tertiary/aromatic N) is 3. The lowest BCUT2D eigenvalue weighted by atomic mass is 10.2. The minimum Gasteiger partial charge on any atom is -0.496 e. The summed E-state index contributed by atoms with van der Waals surface area (Å²) in [6, 6.07) is 5.25. The summed E-state index contributed by atoms with van der Waals surface area (Å²) in [5, 5.41) is 5.76. The lowest BCUT2D eigenvalue weighted by Gasteiger charge is -2.05. The van der Waals surface area contributed by atoms with Crippen LogP contribution in [0.15, 0.2) is 33.6 Å². The summed E-state index contributed by atoms with van der Waals surface area (Å²) < 4.78 is 10.5. The van der Waals surface area contributed by atoms with Gasteiger partial charge >= 0.3 is 0 Å². The van der Waals surface area contributed by atoms with Crippen LogP contribution in [-0.2, 0) is 0 Å². The summed E-state index contributed by atoms with van der Waals surface area (Å²) in [6.45, 7) is 0. The van der Waals surface area contributed by atoms with Crippen LogP contribution in [0.25, 0.3) is 23.0 Å². The monoisotopic (exact) mass is 274 g/mol. The number of benzene rings is 1. The summed E-state index contributed by atoms with van der Waals surface area (Å²) in [6.07, 6.45) is 0. The molecule has 0 atom stereocenters. The molecule has 0 saturated carbocycles. The number of rotatable bonds is 3. The highest BCUT2D eigenvalue weighted by molar-refractivity contribution is 7.07. The fourth-order valence-corrected chi connectivity index (χ4v) is 2.17. The number of ether oxygens (including phenoxy) is 1. The van der Waals surface area contributed by atoms with Gasteiger partial charge in [-0.25, -0.2) is 4.98 Å². The number of methoxy groups -OCH3 is 1. The van der Waals surface area contributed by atoms with Gasteiger partial charge in [-0.15, -0.1) is 11.3 Å². The molecule has 0 bridgehead atoms. The smallest absolute Gasteiger partial charge is 0.262 e. The van der Waals surface area contributed by atoms with E-state index in [-0.39, 0.29) is 0 Å². The third-order valence-corrected chi connectivity index (χ3v) is 3.13. The van der Waals surface area contributed by atoms with Gasteiger partial charge < -0.3 is 15.0 Å². The number of hydrogen-bond donors (Lipinski definition) is 1. The zero-order valence-corrected chi connectivity index (χ0v) is 10.8. The fraction of sp³-hybridized carbons (Fsp3) is 0.0833. The molecule has 0 saturated heterocycles. The van der Waals surface area contributed by atoms with Gasteiger partial charge in [-0.2, -0.15) is 4.98 Å². The van der Waals surface area contributed by atoms with Crippen molar-refractivity contribution in [3.8, 4) is 28.7 Å². The average Bonchev–Trinajstić information content (AvgIpc) is 3.09. The van der Waals surface area contributed by atoms with Crippen molar-refractivity contribution in [1.29, 1.82) is 0 Å². The molecular formula is C12H10N4O2S. The van der Waals surface area contributed by atoms with Crippen LogP contribution in [0.1, 0.15) is 0 Å². The van der Waals surface area contributed by atoms with Crippen molar-refractivity contribution in [2.24, 2.45) is 0 Å². The molecule has 0 amide bonds. The summed E-state index contributed by atoms with van der Waals surface area (Å²) >= 11 is 1.48. The molecule has 0 aliphatic rings. The molecule has 0 fully saturated rings. The first-order chi connectivity index (χ1) is 9.28. The van der Waals surface area contributed by atoms with E-state index in [1.54, 1.807) is 30.8 Å². The highest BCUT2D eigenvalue weighted by Gasteiger charge is 2.15. The van der Waals surface area contributed by atoms with Gasteiger partial charge in [0.25, 0.3) is 5.89 Å². The Balaban J connectivity index is 2.03. The van der Waals surface area contributed by atoms with Crippen molar-refractivity contribution >= 4 is 17.0 Å². The molecule has 2 aromatic heterocycles. The van der Waals surface area contributed by atoms with E-state index in [9.17, 15) is 0 Å². The van der Waals surface area contributed by atoms with Gasteiger partial charge in [-0.05, 0) is 12.1 Å². The van der Waals surface area contributed by atoms with Crippen LogP contribution in [0.5, 0.6) is 5.75 Å². The maximum absolute atomic E-state index is 5.71. The van der Waals surface area contributed by atoms with Gasteiger partial charge in [0.15, 0.2) is 0 Å². The largest absolute Gasteiger partial charge is 0.496 e. The van der Waals surface area contributed by atoms with Crippen molar-refractivity contribution in [1.82, 2.24) is 15.1 Å². The van der Waals surface area contributed by atoms with Crippen molar-refractivity contribution in [2.75, 3.05) is 12.8 Å². The first-order valence-corrected chi connectivity index (χ1v) is 6.38. The molecule has 0 unspecified atom stereocenters. The fourth-order valence-electron chi connectivity index (χ4n) is 1.64. The predicted molar refractivity (Wildman–Crippen MR) is 71.8 cm³/mol. The molecule has 0 aliphatic carbocycles. The van der Waals surface area contributed by atoms with Crippen LogP contribution < -0.4 is 10.5 Å². The van der Waals surface area contributed by atoms with E-state index in [0.29, 0.717) is 34.4 Å². The zero-order chi connectivity index (χ0) is 13.2. The molecule has 7 heteroatoms. The molecule has 2 N–H and O–H groups in total. The molecular weight excluding hydrogens is 264 g/mol. The second kappa shape index (κ2) is 4.69. The number of nitrogens with two attached hydrogens (primary N) is 1. The SMILES string of the molecule is COc1cc(N)ccc1-c1nc(-c2cscn2)no1. The Morgan fingerprint density at radius 3 is 3.00 bits per heavy atom. The molecule has 6 nitrogen and oxygen atoms in total. The molecule has 96 valence electrons. The first kappa shape index (κ1) is 11.7. The predicted octanol–water partition coefficient (Wildman–Crippen LogP) is 2.45. The standard InChI is InChI=1S/C12H10N4O2S/c1-17-10-4-7(13)2-3-8(10)12-15-11(16-18-12)9-5-19-6-14-9/h2-6H,13H2,1H3. The van der Waals surface area contributed by atoms with E-state index >= 15 is 0 Å². The highest BCUT2D eigenvalue weighted by Crippen LogP contribution is 2.31. The van der Waals surface area contributed by atoms with Crippen molar-refractivity contribution < 1.29 is 9.26 Å². The van der Waals surface area contributed by atoms with Crippen LogP contribution in [-0.4, -0.2) is 22.2 Å². The van der Waals surface area contributed by atoms with Crippen molar-refractivity contribution in [3.05, 3.63) is 29.1 Å². The third-order valence-electron chi connectivity index (χ3n) is 2.54. The summed E-state index contributed by atoms with van der Waals surface area (Å²) in [7, 11) is 1.57. The summed E-state index contributed by atoms with van der Waals surface area (Å²) in [5.41, 5.74) is 9.43. The molecule has 0 aliphatic heterocycles. The van der Waals surface area contributed by atoms with Crippen molar-refractivity contribution in [3.63, 3.8) is 0 Å². The van der Waals surface area contributed by atoms with E-state index in [2.05, 4.69) is 15.1 Å². The molecule has 3 aromatic rings. The van der Waals surface area contributed by atoms with Crippen LogP contribution in [0.3, 0.4) is 0 Å². The highest BCUT2D eigenvalue weighted by atomic mass is 32.1. The molecule has 3 rings (SSSR count). The minimum atomic E-state index is 0.375. The van der Waals surface area contributed by atoms with Crippen molar-refractivity contribution in [2.45, 2.75) is 0 Å². The molecule has 19 heavy (non-hydrogen) atoms. The first-order valence-electron chi connectivity index (χ1n) is 5.44. The molecule has 0 spiro atoms. The van der Waals surface area contributed by atoms with E-state index in [4.69, 9.17) is 15.0 Å². The lowest BCUT2D eigenvalue weighted by molar-refractivity contribution is 0.405. The Hall–Kier alpha value is -2.41. The maximum Gasteiger partial charge on any atom is 0.262 e. The van der Waals surface area contributed by atoms with Crippen LogP contribution in [0.4, 0.5) is 5.69 Å². The Morgan fingerprint density at radius 2 is 2.26 bits per heavy atom. The zero-order valence-electron chi connectivity index (χ0n) is 10.0. The quantitative estimate of drug-likeness (QED) is 0.738. The minimum absolute atomic E-state index is 0.375. The van der Waals surface area contributed by atoms with Crippen LogP contribution in [0.2, 0.25) is 0 Å². The molecule has 2 heterocycles. The van der Waals surface area contributed by atoms with E-state index in [1.807, 2.05) is 5.38 Å².